The Labute approximate surface area is 92.8 Å². The molecule has 0 spiro atoms. The number of hydrogen-bond donors (Lipinski definition) is 2. The third kappa shape index (κ3) is 3.49. The Bertz CT molecular complexity index is 220. The fourth-order valence-corrected chi connectivity index (χ4v) is 2.06. The number of amides is 1. The Morgan fingerprint density at radius 1 is 1.33 bits per heavy atom. The Morgan fingerprint density at radius 3 is 2.47 bits per heavy atom. The van der Waals surface area contributed by atoms with Gasteiger partial charge in [-0.05, 0) is 25.3 Å². The van der Waals surface area contributed by atoms with E-state index in [0.29, 0.717) is 18.5 Å². The summed E-state index contributed by atoms with van der Waals surface area (Å²) >= 11 is 0. The fraction of sp³-hybridized carbons (Fsp3) is 0.917. The lowest BCUT2D eigenvalue weighted by Gasteiger charge is -2.33. The van der Waals surface area contributed by atoms with Crippen molar-refractivity contribution in [2.24, 2.45) is 17.1 Å². The van der Waals surface area contributed by atoms with Crippen LogP contribution in [0.15, 0.2) is 0 Å². The molecule has 0 saturated heterocycles. The normalized spacial score (nSPS) is 27.5. The van der Waals surface area contributed by atoms with Crippen molar-refractivity contribution >= 4 is 5.91 Å². The molecule has 2 atom stereocenters. The average molecular weight is 212 g/mol. The molecule has 1 aliphatic carbocycles. The molecule has 1 amide bonds. The molecule has 3 heteroatoms. The second kappa shape index (κ2) is 4.97. The second-order valence-electron chi connectivity index (χ2n) is 5.61. The van der Waals surface area contributed by atoms with Gasteiger partial charge in [-0.1, -0.05) is 33.6 Å². The van der Waals surface area contributed by atoms with Gasteiger partial charge in [0.15, 0.2) is 0 Å². The molecule has 0 aliphatic heterocycles. The quantitative estimate of drug-likeness (QED) is 0.731. The fourth-order valence-electron chi connectivity index (χ4n) is 2.06. The van der Waals surface area contributed by atoms with Gasteiger partial charge >= 0.3 is 0 Å². The highest BCUT2D eigenvalue weighted by atomic mass is 16.2. The van der Waals surface area contributed by atoms with Crippen molar-refractivity contribution in [2.45, 2.75) is 52.5 Å². The van der Waals surface area contributed by atoms with E-state index in [4.69, 9.17) is 5.73 Å². The van der Waals surface area contributed by atoms with E-state index in [0.717, 1.165) is 12.8 Å². The van der Waals surface area contributed by atoms with Crippen molar-refractivity contribution in [3.05, 3.63) is 0 Å². The van der Waals surface area contributed by atoms with Crippen LogP contribution in [0.1, 0.15) is 46.5 Å². The molecule has 3 nitrogen and oxygen atoms in total. The first kappa shape index (κ1) is 12.5. The molecule has 2 unspecified atom stereocenters. The van der Waals surface area contributed by atoms with Gasteiger partial charge in [0.25, 0.3) is 0 Å². The zero-order valence-corrected chi connectivity index (χ0v) is 10.2. The first-order valence-electron chi connectivity index (χ1n) is 5.96. The summed E-state index contributed by atoms with van der Waals surface area (Å²) in [6, 6.07) is 0.301. The topological polar surface area (TPSA) is 55.1 Å². The smallest absolute Gasteiger partial charge is 0.225 e. The monoisotopic (exact) mass is 212 g/mol. The average Bonchev–Trinajstić information content (AvgIpc) is 2.17. The summed E-state index contributed by atoms with van der Waals surface area (Å²) in [6.45, 7) is 6.53. The molecule has 15 heavy (non-hydrogen) atoms. The van der Waals surface area contributed by atoms with Crippen molar-refractivity contribution in [3.8, 4) is 0 Å². The van der Waals surface area contributed by atoms with E-state index >= 15 is 0 Å². The first-order valence-corrected chi connectivity index (χ1v) is 5.96. The van der Waals surface area contributed by atoms with Gasteiger partial charge in [0, 0.05) is 11.5 Å². The van der Waals surface area contributed by atoms with E-state index in [1.54, 1.807) is 0 Å². The SMILES string of the molecule is CC(C)(C)C(=O)NC1CCCCC1CN. The lowest BCUT2D eigenvalue weighted by atomic mass is 9.83. The van der Waals surface area contributed by atoms with Crippen molar-refractivity contribution in [3.63, 3.8) is 0 Å². The molecule has 0 radical (unpaired) electrons. The minimum absolute atomic E-state index is 0.146. The van der Waals surface area contributed by atoms with Gasteiger partial charge in [-0.3, -0.25) is 4.79 Å². The summed E-state index contributed by atoms with van der Waals surface area (Å²) in [4.78, 5) is 11.8. The van der Waals surface area contributed by atoms with Crippen LogP contribution in [0.25, 0.3) is 0 Å². The highest BCUT2D eigenvalue weighted by Gasteiger charge is 2.29. The van der Waals surface area contributed by atoms with Gasteiger partial charge in [0.2, 0.25) is 5.91 Å². The van der Waals surface area contributed by atoms with Crippen LogP contribution in [0, 0.1) is 11.3 Å². The number of nitrogens with one attached hydrogen (secondary N) is 1. The molecule has 0 aromatic heterocycles. The Morgan fingerprint density at radius 2 is 1.93 bits per heavy atom. The summed E-state index contributed by atoms with van der Waals surface area (Å²) in [5.74, 6) is 0.623. The third-order valence-corrected chi connectivity index (χ3v) is 3.21. The van der Waals surface area contributed by atoms with Crippen LogP contribution in [-0.2, 0) is 4.79 Å². The predicted molar refractivity (Wildman–Crippen MR) is 62.4 cm³/mol. The summed E-state index contributed by atoms with van der Waals surface area (Å²) in [5.41, 5.74) is 5.43. The number of carbonyl (C=O) groups is 1. The van der Waals surface area contributed by atoms with E-state index < -0.39 is 0 Å². The van der Waals surface area contributed by atoms with Gasteiger partial charge in [0.1, 0.15) is 0 Å². The van der Waals surface area contributed by atoms with Crippen molar-refractivity contribution in [2.75, 3.05) is 6.54 Å². The summed E-state index contributed by atoms with van der Waals surface area (Å²) in [6.07, 6.45) is 4.71. The van der Waals surface area contributed by atoms with E-state index in [2.05, 4.69) is 5.32 Å². The van der Waals surface area contributed by atoms with E-state index in [-0.39, 0.29) is 11.3 Å². The maximum absolute atomic E-state index is 11.8. The molecular formula is C12H24N2O. The van der Waals surface area contributed by atoms with Crippen molar-refractivity contribution < 1.29 is 4.79 Å². The van der Waals surface area contributed by atoms with Crippen LogP contribution >= 0.6 is 0 Å². The molecule has 1 rings (SSSR count). The van der Waals surface area contributed by atoms with Gasteiger partial charge < -0.3 is 11.1 Å². The zero-order chi connectivity index (χ0) is 11.5. The molecule has 1 fully saturated rings. The maximum Gasteiger partial charge on any atom is 0.225 e. The molecule has 1 saturated carbocycles. The minimum Gasteiger partial charge on any atom is -0.353 e. The Kier molecular flexibility index (Phi) is 4.14. The number of carbonyl (C=O) groups excluding carboxylic acids is 1. The van der Waals surface area contributed by atoms with Gasteiger partial charge in [0.05, 0.1) is 0 Å². The van der Waals surface area contributed by atoms with Crippen LogP contribution in [0.5, 0.6) is 0 Å². The highest BCUT2D eigenvalue weighted by molar-refractivity contribution is 5.81. The summed E-state index contributed by atoms with van der Waals surface area (Å²) in [7, 11) is 0. The Hall–Kier alpha value is -0.570. The van der Waals surface area contributed by atoms with Crippen LogP contribution in [0.2, 0.25) is 0 Å². The minimum atomic E-state index is -0.295. The largest absolute Gasteiger partial charge is 0.353 e. The van der Waals surface area contributed by atoms with Crippen LogP contribution in [-0.4, -0.2) is 18.5 Å². The molecule has 88 valence electrons. The lowest BCUT2D eigenvalue weighted by Crippen LogP contribution is -2.48. The van der Waals surface area contributed by atoms with E-state index in [1.165, 1.54) is 12.8 Å². The van der Waals surface area contributed by atoms with Gasteiger partial charge in [-0.25, -0.2) is 0 Å². The lowest BCUT2D eigenvalue weighted by molar-refractivity contribution is -0.129. The predicted octanol–water partition coefficient (Wildman–Crippen LogP) is 1.67. The summed E-state index contributed by atoms with van der Waals surface area (Å²) in [5, 5.41) is 3.14. The third-order valence-electron chi connectivity index (χ3n) is 3.21. The van der Waals surface area contributed by atoms with Gasteiger partial charge in [-0.2, -0.15) is 0 Å². The number of rotatable bonds is 2. The van der Waals surface area contributed by atoms with E-state index in [1.807, 2.05) is 20.8 Å². The number of nitrogens with two attached hydrogens (primary N) is 1. The van der Waals surface area contributed by atoms with Crippen molar-refractivity contribution in [1.29, 1.82) is 0 Å². The van der Waals surface area contributed by atoms with Crippen LogP contribution in [0.4, 0.5) is 0 Å². The van der Waals surface area contributed by atoms with Crippen LogP contribution in [0.3, 0.4) is 0 Å². The molecular weight excluding hydrogens is 188 g/mol. The molecule has 1 aliphatic rings. The highest BCUT2D eigenvalue weighted by Crippen LogP contribution is 2.24. The Balaban J connectivity index is 2.52. The van der Waals surface area contributed by atoms with E-state index in [9.17, 15) is 4.79 Å². The zero-order valence-electron chi connectivity index (χ0n) is 10.2. The first-order chi connectivity index (χ1) is 6.95. The molecule has 0 aromatic carbocycles. The van der Waals surface area contributed by atoms with Crippen LogP contribution < -0.4 is 11.1 Å². The molecule has 0 heterocycles. The number of hydrogen-bond acceptors (Lipinski definition) is 2. The van der Waals surface area contributed by atoms with Crippen molar-refractivity contribution in [1.82, 2.24) is 5.32 Å². The molecule has 0 aromatic rings. The standard InChI is InChI=1S/C12H24N2O/c1-12(2,3)11(15)14-10-7-5-4-6-9(10)8-13/h9-10H,4-8,13H2,1-3H3,(H,14,15). The second-order valence-corrected chi connectivity index (χ2v) is 5.61. The summed E-state index contributed by atoms with van der Waals surface area (Å²) < 4.78 is 0. The maximum atomic E-state index is 11.8. The van der Waals surface area contributed by atoms with Gasteiger partial charge in [-0.15, -0.1) is 0 Å². The molecule has 3 N–H and O–H groups in total. The molecule has 0 bridgehead atoms.